The molecule has 0 bridgehead atoms. The van der Waals surface area contributed by atoms with Gasteiger partial charge < -0.3 is 9.88 Å². The molecule has 1 N–H and O–H groups in total. The molecule has 1 aliphatic heterocycles. The molecule has 5 rings (SSSR count). The molecule has 3 heterocycles. The summed E-state index contributed by atoms with van der Waals surface area (Å²) in [6, 6.07) is 8.10. The summed E-state index contributed by atoms with van der Waals surface area (Å²) in [7, 11) is 0. The predicted molar refractivity (Wildman–Crippen MR) is 119 cm³/mol. The van der Waals surface area contributed by atoms with E-state index in [1.165, 1.54) is 27.8 Å². The molecule has 0 fully saturated rings. The molecule has 1 atom stereocenters. The number of nitrogens with zero attached hydrogens (tertiary/aromatic N) is 2. The van der Waals surface area contributed by atoms with Crippen LogP contribution in [0.25, 0.3) is 10.2 Å². The molecule has 2 aliphatic rings. The average Bonchev–Trinajstić information content (AvgIpc) is 3.09. The second kappa shape index (κ2) is 7.61. The number of aromatic amines is 1. The van der Waals surface area contributed by atoms with E-state index in [1.54, 1.807) is 11.3 Å². The maximum atomic E-state index is 12.9. The van der Waals surface area contributed by atoms with Crippen molar-refractivity contribution in [2.24, 2.45) is 5.92 Å². The van der Waals surface area contributed by atoms with Crippen LogP contribution in [0.15, 0.2) is 34.2 Å². The zero-order chi connectivity index (χ0) is 20.0. The first-order valence-electron chi connectivity index (χ1n) is 10.2. The van der Waals surface area contributed by atoms with Gasteiger partial charge >= 0.3 is 0 Å². The highest BCUT2D eigenvalue weighted by molar-refractivity contribution is 7.99. The third kappa shape index (κ3) is 3.51. The third-order valence-electron chi connectivity index (χ3n) is 5.89. The van der Waals surface area contributed by atoms with E-state index >= 15 is 0 Å². The van der Waals surface area contributed by atoms with E-state index in [9.17, 15) is 9.59 Å². The largest absolute Gasteiger partial charge is 0.311 e. The Kier molecular flexibility index (Phi) is 4.95. The molecule has 3 aromatic rings. The van der Waals surface area contributed by atoms with Crippen LogP contribution >= 0.6 is 23.1 Å². The normalized spacial score (nSPS) is 18.5. The van der Waals surface area contributed by atoms with Crippen LogP contribution in [0.4, 0.5) is 5.69 Å². The van der Waals surface area contributed by atoms with E-state index in [4.69, 9.17) is 0 Å². The number of para-hydroxylation sites is 1. The second-order valence-corrected chi connectivity index (χ2v) is 10.0. The van der Waals surface area contributed by atoms with Gasteiger partial charge in [0.25, 0.3) is 5.56 Å². The summed E-state index contributed by atoms with van der Waals surface area (Å²) in [5.74, 6) is 0.989. The summed E-state index contributed by atoms with van der Waals surface area (Å²) in [5, 5.41) is 1.30. The Morgan fingerprint density at radius 3 is 3.10 bits per heavy atom. The minimum absolute atomic E-state index is 0.0594. The number of benzene rings is 1. The molecule has 1 aliphatic carbocycles. The number of thioether (sulfide) groups is 1. The van der Waals surface area contributed by atoms with Crippen molar-refractivity contribution in [2.75, 3.05) is 17.2 Å². The fourth-order valence-electron chi connectivity index (χ4n) is 4.40. The molecule has 0 saturated carbocycles. The Hall–Kier alpha value is -2.12. The minimum atomic E-state index is -0.0691. The van der Waals surface area contributed by atoms with E-state index in [0.29, 0.717) is 11.1 Å². The van der Waals surface area contributed by atoms with Gasteiger partial charge in [-0.2, -0.15) is 0 Å². The maximum absolute atomic E-state index is 12.9. The molecule has 29 heavy (non-hydrogen) atoms. The van der Waals surface area contributed by atoms with Gasteiger partial charge in [-0.15, -0.1) is 11.3 Å². The zero-order valence-corrected chi connectivity index (χ0v) is 18.0. The van der Waals surface area contributed by atoms with Gasteiger partial charge in [-0.1, -0.05) is 36.9 Å². The van der Waals surface area contributed by atoms with Gasteiger partial charge in [0.1, 0.15) is 4.83 Å². The number of anilines is 1. The number of amides is 1. The number of hydrogen-bond donors (Lipinski definition) is 1. The highest BCUT2D eigenvalue weighted by Gasteiger charge is 2.24. The Labute approximate surface area is 177 Å². The van der Waals surface area contributed by atoms with Gasteiger partial charge in [-0.25, -0.2) is 4.98 Å². The van der Waals surface area contributed by atoms with Gasteiger partial charge in [-0.3, -0.25) is 9.59 Å². The van der Waals surface area contributed by atoms with Crippen LogP contribution in [0.2, 0.25) is 0 Å². The van der Waals surface area contributed by atoms with Crippen molar-refractivity contribution in [1.29, 1.82) is 0 Å². The number of nitrogens with one attached hydrogen (secondary N) is 1. The molecule has 1 amide bonds. The molecular weight excluding hydrogens is 402 g/mol. The smallest absolute Gasteiger partial charge is 0.260 e. The highest BCUT2D eigenvalue weighted by Crippen LogP contribution is 2.36. The lowest BCUT2D eigenvalue weighted by molar-refractivity contribution is -0.116. The molecular formula is C22H23N3O2S2. The lowest BCUT2D eigenvalue weighted by Crippen LogP contribution is -2.36. The Morgan fingerprint density at radius 2 is 2.21 bits per heavy atom. The molecule has 0 spiro atoms. The molecule has 7 heteroatoms. The average molecular weight is 426 g/mol. The SMILES string of the molecule is C[C@@H]1CCc2c(sc3nc(SCC(=O)N4CCCc5ccccc54)[nH]c(=O)c23)C1. The van der Waals surface area contributed by atoms with Gasteiger partial charge in [-0.05, 0) is 55.2 Å². The number of aromatic nitrogens is 2. The first kappa shape index (κ1) is 18.9. The molecule has 150 valence electrons. The van der Waals surface area contributed by atoms with Crippen LogP contribution in [-0.2, 0) is 24.1 Å². The summed E-state index contributed by atoms with van der Waals surface area (Å²) < 4.78 is 0. The molecule has 0 saturated heterocycles. The number of hydrogen-bond acceptors (Lipinski definition) is 5. The quantitative estimate of drug-likeness (QED) is 0.505. The van der Waals surface area contributed by atoms with Crippen LogP contribution in [0, 0.1) is 5.92 Å². The summed E-state index contributed by atoms with van der Waals surface area (Å²) in [6.07, 6.45) is 5.11. The minimum Gasteiger partial charge on any atom is -0.311 e. The topological polar surface area (TPSA) is 66.1 Å². The van der Waals surface area contributed by atoms with Crippen molar-refractivity contribution < 1.29 is 4.79 Å². The summed E-state index contributed by atoms with van der Waals surface area (Å²) in [4.78, 5) is 37.2. The molecule has 0 unspecified atom stereocenters. The summed E-state index contributed by atoms with van der Waals surface area (Å²) >= 11 is 2.97. The predicted octanol–water partition coefficient (Wildman–Crippen LogP) is 4.18. The lowest BCUT2D eigenvalue weighted by Gasteiger charge is -2.29. The van der Waals surface area contributed by atoms with Crippen molar-refractivity contribution >= 4 is 44.9 Å². The Morgan fingerprint density at radius 1 is 1.34 bits per heavy atom. The standard InChI is InChI=1S/C22H23N3O2S2/c1-13-8-9-15-17(11-13)29-21-19(15)20(27)23-22(24-21)28-12-18(26)25-10-4-6-14-5-2-3-7-16(14)25/h2-3,5,7,13H,4,6,8-12H2,1H3,(H,23,24,27)/t13-/m1/s1. The monoisotopic (exact) mass is 425 g/mol. The molecule has 1 aromatic carbocycles. The van der Waals surface area contributed by atoms with Crippen molar-refractivity contribution in [3.05, 3.63) is 50.6 Å². The van der Waals surface area contributed by atoms with E-state index in [2.05, 4.69) is 23.0 Å². The van der Waals surface area contributed by atoms with Crippen LogP contribution in [0.1, 0.15) is 35.8 Å². The van der Waals surface area contributed by atoms with Crippen LogP contribution in [-0.4, -0.2) is 28.2 Å². The van der Waals surface area contributed by atoms with Crippen molar-refractivity contribution in [1.82, 2.24) is 9.97 Å². The van der Waals surface area contributed by atoms with Gasteiger partial charge in [0.2, 0.25) is 5.91 Å². The van der Waals surface area contributed by atoms with E-state index < -0.39 is 0 Å². The molecule has 5 nitrogen and oxygen atoms in total. The first-order valence-corrected chi connectivity index (χ1v) is 12.0. The Bertz CT molecular complexity index is 1150. The van der Waals surface area contributed by atoms with Crippen molar-refractivity contribution in [3.63, 3.8) is 0 Å². The lowest BCUT2D eigenvalue weighted by atomic mass is 9.89. The molecule has 0 radical (unpaired) electrons. The number of rotatable bonds is 3. The van der Waals surface area contributed by atoms with Gasteiger partial charge in [0, 0.05) is 17.1 Å². The highest BCUT2D eigenvalue weighted by atomic mass is 32.2. The van der Waals surface area contributed by atoms with E-state index in [-0.39, 0.29) is 17.2 Å². The number of fused-ring (bicyclic) bond motifs is 4. The van der Waals surface area contributed by atoms with E-state index in [0.717, 1.165) is 54.6 Å². The van der Waals surface area contributed by atoms with Crippen LogP contribution in [0.5, 0.6) is 0 Å². The van der Waals surface area contributed by atoms with Gasteiger partial charge in [0.15, 0.2) is 5.16 Å². The second-order valence-electron chi connectivity index (χ2n) is 7.97. The van der Waals surface area contributed by atoms with Crippen molar-refractivity contribution in [3.8, 4) is 0 Å². The fraction of sp³-hybridized carbons (Fsp3) is 0.409. The Balaban J connectivity index is 1.36. The fourth-order valence-corrected chi connectivity index (χ4v) is 6.58. The summed E-state index contributed by atoms with van der Waals surface area (Å²) in [5.41, 5.74) is 3.36. The summed E-state index contributed by atoms with van der Waals surface area (Å²) in [6.45, 7) is 3.01. The maximum Gasteiger partial charge on any atom is 0.260 e. The van der Waals surface area contributed by atoms with Crippen LogP contribution < -0.4 is 10.5 Å². The number of carbonyl (C=O) groups excluding carboxylic acids is 1. The third-order valence-corrected chi connectivity index (χ3v) is 7.89. The number of H-pyrrole nitrogens is 1. The first-order chi connectivity index (χ1) is 14.1. The number of aryl methyl sites for hydroxylation is 2. The van der Waals surface area contributed by atoms with E-state index in [1.807, 2.05) is 23.1 Å². The zero-order valence-electron chi connectivity index (χ0n) is 16.4. The van der Waals surface area contributed by atoms with Crippen LogP contribution in [0.3, 0.4) is 0 Å². The molecule has 2 aromatic heterocycles. The van der Waals surface area contributed by atoms with Gasteiger partial charge in [0.05, 0.1) is 11.1 Å². The number of carbonyl (C=O) groups is 1. The van der Waals surface area contributed by atoms with Crippen molar-refractivity contribution in [2.45, 2.75) is 44.2 Å². The number of thiophene rings is 1.